The molecular formula is C22H17N3. The fourth-order valence-electron chi connectivity index (χ4n) is 2.66. The molecule has 0 amide bonds. The number of benzene rings is 2. The third kappa shape index (κ3) is 3.40. The number of fused-ring (bicyclic) bond motifs is 1. The van der Waals surface area contributed by atoms with Gasteiger partial charge in [-0.1, -0.05) is 72.8 Å². The molecule has 2 aromatic heterocycles. The maximum atomic E-state index is 4.70. The van der Waals surface area contributed by atoms with Crippen LogP contribution in [0.25, 0.3) is 17.8 Å². The minimum absolute atomic E-state index is 0.826. The van der Waals surface area contributed by atoms with Gasteiger partial charge in [-0.15, -0.1) is 0 Å². The van der Waals surface area contributed by atoms with Crippen LogP contribution in [0.2, 0.25) is 0 Å². The molecule has 0 radical (unpaired) electrons. The molecule has 4 aromatic rings. The molecule has 0 aliphatic carbocycles. The van der Waals surface area contributed by atoms with Crippen molar-refractivity contribution in [3.8, 4) is 0 Å². The molecular weight excluding hydrogens is 306 g/mol. The number of hydrogen-bond acceptors (Lipinski definition) is 2. The van der Waals surface area contributed by atoms with Crippen LogP contribution >= 0.6 is 0 Å². The van der Waals surface area contributed by atoms with Crippen molar-refractivity contribution in [3.63, 3.8) is 0 Å². The van der Waals surface area contributed by atoms with E-state index < -0.39 is 0 Å². The van der Waals surface area contributed by atoms with Crippen molar-refractivity contribution in [2.45, 2.75) is 0 Å². The quantitative estimate of drug-likeness (QED) is 0.471. The van der Waals surface area contributed by atoms with Crippen LogP contribution in [-0.4, -0.2) is 15.6 Å². The Balaban J connectivity index is 1.76. The lowest BCUT2D eigenvalue weighted by Gasteiger charge is -1.97. The molecule has 0 spiro atoms. The number of hydrogen-bond donors (Lipinski definition) is 0. The van der Waals surface area contributed by atoms with Gasteiger partial charge in [-0.25, -0.2) is 9.98 Å². The molecule has 0 aliphatic rings. The fourth-order valence-corrected chi connectivity index (χ4v) is 2.66. The average Bonchev–Trinajstić information content (AvgIpc) is 3.04. The summed E-state index contributed by atoms with van der Waals surface area (Å²) in [5.74, 6) is 0.826. The smallest absolute Gasteiger partial charge is 0.164 e. The van der Waals surface area contributed by atoms with Crippen molar-refractivity contribution >= 4 is 29.8 Å². The lowest BCUT2D eigenvalue weighted by Crippen LogP contribution is -1.84. The Morgan fingerprint density at radius 3 is 2.16 bits per heavy atom. The molecule has 3 heteroatoms. The van der Waals surface area contributed by atoms with Gasteiger partial charge in [0.1, 0.15) is 11.3 Å². The summed E-state index contributed by atoms with van der Waals surface area (Å²) in [5.41, 5.74) is 3.93. The van der Waals surface area contributed by atoms with Gasteiger partial charge in [0.05, 0.1) is 0 Å². The second kappa shape index (κ2) is 6.97. The molecule has 0 saturated heterocycles. The number of aromatic nitrogens is 2. The summed E-state index contributed by atoms with van der Waals surface area (Å²) >= 11 is 0. The van der Waals surface area contributed by atoms with Gasteiger partial charge < -0.3 is 0 Å². The highest BCUT2D eigenvalue weighted by molar-refractivity contribution is 5.84. The molecule has 0 unspecified atom stereocenters. The first-order valence-corrected chi connectivity index (χ1v) is 8.19. The van der Waals surface area contributed by atoms with E-state index >= 15 is 0 Å². The summed E-state index contributed by atoms with van der Waals surface area (Å²) in [6, 6.07) is 26.2. The zero-order valence-corrected chi connectivity index (χ0v) is 13.7. The van der Waals surface area contributed by atoms with Gasteiger partial charge in [-0.2, -0.15) is 0 Å². The van der Waals surface area contributed by atoms with Crippen LogP contribution in [0.4, 0.5) is 5.82 Å². The molecule has 2 aromatic carbocycles. The topological polar surface area (TPSA) is 29.7 Å². The molecule has 0 N–H and O–H groups in total. The van der Waals surface area contributed by atoms with E-state index in [9.17, 15) is 0 Å². The zero-order chi connectivity index (χ0) is 16.9. The van der Waals surface area contributed by atoms with Crippen molar-refractivity contribution in [1.82, 2.24) is 9.38 Å². The molecule has 25 heavy (non-hydrogen) atoms. The van der Waals surface area contributed by atoms with Crippen molar-refractivity contribution < 1.29 is 0 Å². The summed E-state index contributed by atoms with van der Waals surface area (Å²) in [6.07, 6.45) is 7.93. The fraction of sp³-hybridized carbons (Fsp3) is 0. The third-order valence-corrected chi connectivity index (χ3v) is 3.90. The molecule has 0 aliphatic heterocycles. The normalized spacial score (nSPS) is 11.7. The van der Waals surface area contributed by atoms with Crippen LogP contribution in [0.3, 0.4) is 0 Å². The van der Waals surface area contributed by atoms with E-state index in [0.29, 0.717) is 0 Å². The average molecular weight is 323 g/mol. The second-order valence-electron chi connectivity index (χ2n) is 5.66. The van der Waals surface area contributed by atoms with E-state index in [1.54, 1.807) is 0 Å². The first kappa shape index (κ1) is 15.1. The molecule has 4 rings (SSSR count). The van der Waals surface area contributed by atoms with E-state index in [1.165, 1.54) is 0 Å². The SMILES string of the molecule is C(=C\c1nc2ccccn2c1/N=C/c1ccccc1)/c1ccccc1. The predicted octanol–water partition coefficient (Wildman–Crippen LogP) is 5.26. The number of imidazole rings is 1. The van der Waals surface area contributed by atoms with Gasteiger partial charge >= 0.3 is 0 Å². The molecule has 120 valence electrons. The first-order chi connectivity index (χ1) is 12.4. The van der Waals surface area contributed by atoms with Crippen LogP contribution in [0.15, 0.2) is 90.1 Å². The van der Waals surface area contributed by atoms with Crippen LogP contribution < -0.4 is 0 Å². The molecule has 0 atom stereocenters. The maximum absolute atomic E-state index is 4.70. The third-order valence-electron chi connectivity index (χ3n) is 3.90. The molecule has 2 heterocycles. The number of aliphatic imine (C=N–C) groups is 1. The largest absolute Gasteiger partial charge is 0.284 e. The number of rotatable bonds is 4. The van der Waals surface area contributed by atoms with E-state index in [0.717, 1.165) is 28.3 Å². The molecule has 3 nitrogen and oxygen atoms in total. The lowest BCUT2D eigenvalue weighted by molar-refractivity contribution is 1.17. The molecule has 0 fully saturated rings. The second-order valence-corrected chi connectivity index (χ2v) is 5.66. The Hall–Kier alpha value is -3.46. The van der Waals surface area contributed by atoms with Crippen molar-refractivity contribution in [3.05, 3.63) is 102 Å². The Labute approximate surface area is 146 Å². The van der Waals surface area contributed by atoms with E-state index in [4.69, 9.17) is 9.98 Å². The highest BCUT2D eigenvalue weighted by Gasteiger charge is 2.08. The highest BCUT2D eigenvalue weighted by atomic mass is 15.1. The minimum Gasteiger partial charge on any atom is -0.284 e. The van der Waals surface area contributed by atoms with Gasteiger partial charge in [-0.05, 0) is 29.3 Å². The Morgan fingerprint density at radius 2 is 1.40 bits per heavy atom. The molecule has 0 saturated carbocycles. The highest BCUT2D eigenvalue weighted by Crippen LogP contribution is 2.23. The van der Waals surface area contributed by atoms with E-state index in [2.05, 4.69) is 18.2 Å². The van der Waals surface area contributed by atoms with Gasteiger partial charge in [0.15, 0.2) is 5.82 Å². The van der Waals surface area contributed by atoms with Gasteiger partial charge in [0.25, 0.3) is 0 Å². The first-order valence-electron chi connectivity index (χ1n) is 8.19. The van der Waals surface area contributed by atoms with Gasteiger partial charge in [0.2, 0.25) is 0 Å². The van der Waals surface area contributed by atoms with Crippen molar-refractivity contribution in [1.29, 1.82) is 0 Å². The summed E-state index contributed by atoms with van der Waals surface area (Å²) in [7, 11) is 0. The minimum atomic E-state index is 0.826. The van der Waals surface area contributed by atoms with Crippen molar-refractivity contribution in [2.75, 3.05) is 0 Å². The Morgan fingerprint density at radius 1 is 0.720 bits per heavy atom. The van der Waals surface area contributed by atoms with E-state index in [1.807, 2.05) is 89.6 Å². The molecule has 0 bridgehead atoms. The van der Waals surface area contributed by atoms with Gasteiger partial charge in [-0.3, -0.25) is 4.40 Å². The lowest BCUT2D eigenvalue weighted by atomic mass is 10.2. The summed E-state index contributed by atoms with van der Waals surface area (Å²) < 4.78 is 2.00. The Bertz CT molecular complexity index is 1030. The monoisotopic (exact) mass is 323 g/mol. The standard InChI is InChI=1S/C22H17N3/c1-3-9-18(10-4-1)14-15-20-22(23-17-19-11-5-2-6-12-19)25-16-8-7-13-21(25)24-20/h1-17H/b15-14+,23-17+. The van der Waals surface area contributed by atoms with Crippen LogP contribution in [0, 0.1) is 0 Å². The zero-order valence-electron chi connectivity index (χ0n) is 13.7. The van der Waals surface area contributed by atoms with Gasteiger partial charge in [0, 0.05) is 12.4 Å². The number of pyridine rings is 1. The predicted molar refractivity (Wildman–Crippen MR) is 104 cm³/mol. The summed E-state index contributed by atoms with van der Waals surface area (Å²) in [4.78, 5) is 9.40. The Kier molecular flexibility index (Phi) is 4.21. The van der Waals surface area contributed by atoms with Crippen molar-refractivity contribution in [2.24, 2.45) is 4.99 Å². The summed E-state index contributed by atoms with van der Waals surface area (Å²) in [6.45, 7) is 0. The van der Waals surface area contributed by atoms with E-state index in [-0.39, 0.29) is 0 Å². The van der Waals surface area contributed by atoms with Crippen LogP contribution in [0.1, 0.15) is 16.8 Å². The maximum Gasteiger partial charge on any atom is 0.164 e. The van der Waals surface area contributed by atoms with Crippen LogP contribution in [0.5, 0.6) is 0 Å². The summed E-state index contributed by atoms with van der Waals surface area (Å²) in [5, 5.41) is 0. The number of nitrogens with zero attached hydrogens (tertiary/aromatic N) is 3. The van der Waals surface area contributed by atoms with Crippen LogP contribution in [-0.2, 0) is 0 Å².